The normalized spacial score (nSPS) is 13.8. The van der Waals surface area contributed by atoms with E-state index >= 15 is 0 Å². The van der Waals surface area contributed by atoms with Crippen molar-refractivity contribution >= 4 is 10.0 Å². The summed E-state index contributed by atoms with van der Waals surface area (Å²) in [5.74, 6) is 2.07. The number of methoxy groups -OCH3 is 1. The van der Waals surface area contributed by atoms with Crippen molar-refractivity contribution in [3.05, 3.63) is 83.9 Å². The van der Waals surface area contributed by atoms with Crippen molar-refractivity contribution in [3.8, 4) is 17.2 Å². The molecule has 1 heterocycles. The Labute approximate surface area is 176 Å². The molecule has 0 aliphatic carbocycles. The van der Waals surface area contributed by atoms with E-state index in [-0.39, 0.29) is 24.2 Å². The van der Waals surface area contributed by atoms with Crippen molar-refractivity contribution in [1.82, 2.24) is 4.72 Å². The van der Waals surface area contributed by atoms with Gasteiger partial charge in [-0.2, -0.15) is 0 Å². The van der Waals surface area contributed by atoms with Crippen molar-refractivity contribution in [3.63, 3.8) is 0 Å². The highest BCUT2D eigenvalue weighted by atomic mass is 32.2. The maximum absolute atomic E-state index is 12.6. The number of rotatable bonds is 8. The summed E-state index contributed by atoms with van der Waals surface area (Å²) in [6.45, 7) is 0.476. The molecular weight excluding hydrogens is 402 g/mol. The molecule has 1 aliphatic heterocycles. The smallest absolute Gasteiger partial charge is 0.240 e. The molecule has 0 radical (unpaired) electrons. The number of ether oxygens (including phenoxy) is 3. The molecule has 0 unspecified atom stereocenters. The molecule has 3 aromatic carbocycles. The lowest BCUT2D eigenvalue weighted by atomic mass is 9.87. The van der Waals surface area contributed by atoms with Gasteiger partial charge in [-0.3, -0.25) is 0 Å². The molecule has 1 N–H and O–H groups in total. The Hall–Kier alpha value is -3.03. The Morgan fingerprint density at radius 1 is 0.967 bits per heavy atom. The zero-order chi connectivity index (χ0) is 21.0. The standard InChI is InChI=1S/C23H23NO5S/c1-27-21-10-6-5-9-20(21)19(17-11-12-22-23(15-17)29-16-28-22)13-14-24-30(25,26)18-7-3-2-4-8-18/h2-12,15,19,24H,13-14,16H2,1H3/t19-/m1/s1. The predicted molar refractivity (Wildman–Crippen MR) is 114 cm³/mol. The molecule has 7 heteroatoms. The zero-order valence-electron chi connectivity index (χ0n) is 16.6. The van der Waals surface area contributed by atoms with E-state index in [4.69, 9.17) is 14.2 Å². The summed E-state index contributed by atoms with van der Waals surface area (Å²) in [6.07, 6.45) is 0.548. The fourth-order valence-corrected chi connectivity index (χ4v) is 4.68. The number of sulfonamides is 1. The number of benzene rings is 3. The zero-order valence-corrected chi connectivity index (χ0v) is 17.4. The van der Waals surface area contributed by atoms with Gasteiger partial charge in [0.1, 0.15) is 5.75 Å². The predicted octanol–water partition coefficient (Wildman–Crippen LogP) is 3.92. The molecule has 156 valence electrons. The van der Waals surface area contributed by atoms with Crippen LogP contribution < -0.4 is 18.9 Å². The van der Waals surface area contributed by atoms with Gasteiger partial charge in [-0.15, -0.1) is 0 Å². The second-order valence-electron chi connectivity index (χ2n) is 6.91. The average molecular weight is 426 g/mol. The lowest BCUT2D eigenvalue weighted by molar-refractivity contribution is 0.174. The van der Waals surface area contributed by atoms with E-state index in [0.717, 1.165) is 16.9 Å². The molecule has 0 saturated heterocycles. The molecule has 0 bridgehead atoms. The summed E-state index contributed by atoms with van der Waals surface area (Å²) in [5.41, 5.74) is 1.99. The number of nitrogens with one attached hydrogen (secondary N) is 1. The molecular formula is C23H23NO5S. The Morgan fingerprint density at radius 3 is 2.50 bits per heavy atom. The minimum Gasteiger partial charge on any atom is -0.496 e. The molecule has 30 heavy (non-hydrogen) atoms. The third kappa shape index (κ3) is 4.27. The first kappa shape index (κ1) is 20.3. The molecule has 4 rings (SSSR count). The topological polar surface area (TPSA) is 73.9 Å². The van der Waals surface area contributed by atoms with E-state index in [9.17, 15) is 8.42 Å². The SMILES string of the molecule is COc1ccccc1[C@H](CCNS(=O)(=O)c1ccccc1)c1ccc2c(c1)OCO2. The van der Waals surface area contributed by atoms with Crippen molar-refractivity contribution in [2.24, 2.45) is 0 Å². The monoisotopic (exact) mass is 425 g/mol. The Morgan fingerprint density at radius 2 is 1.70 bits per heavy atom. The van der Waals surface area contributed by atoms with Gasteiger partial charge in [0.05, 0.1) is 12.0 Å². The minimum absolute atomic E-state index is 0.0888. The first-order chi connectivity index (χ1) is 14.6. The van der Waals surface area contributed by atoms with E-state index in [2.05, 4.69) is 4.72 Å². The van der Waals surface area contributed by atoms with Gasteiger partial charge in [0, 0.05) is 18.0 Å². The maximum Gasteiger partial charge on any atom is 0.240 e. The highest BCUT2D eigenvalue weighted by Gasteiger charge is 2.23. The van der Waals surface area contributed by atoms with Gasteiger partial charge in [-0.05, 0) is 42.3 Å². The van der Waals surface area contributed by atoms with E-state index in [0.29, 0.717) is 17.9 Å². The molecule has 3 aromatic rings. The average Bonchev–Trinajstić information content (AvgIpc) is 3.25. The third-order valence-electron chi connectivity index (χ3n) is 5.09. The second-order valence-corrected chi connectivity index (χ2v) is 8.67. The van der Waals surface area contributed by atoms with Crippen molar-refractivity contribution < 1.29 is 22.6 Å². The quantitative estimate of drug-likeness (QED) is 0.592. The Kier molecular flexibility index (Phi) is 5.92. The van der Waals surface area contributed by atoms with Crippen LogP contribution in [-0.4, -0.2) is 28.9 Å². The van der Waals surface area contributed by atoms with Crippen LogP contribution in [0.3, 0.4) is 0 Å². The summed E-state index contributed by atoms with van der Waals surface area (Å²) in [4.78, 5) is 0.252. The fraction of sp³-hybridized carbons (Fsp3) is 0.217. The van der Waals surface area contributed by atoms with Crippen molar-refractivity contribution in [2.75, 3.05) is 20.4 Å². The highest BCUT2D eigenvalue weighted by Crippen LogP contribution is 2.39. The molecule has 6 nitrogen and oxygen atoms in total. The van der Waals surface area contributed by atoms with Gasteiger partial charge >= 0.3 is 0 Å². The van der Waals surface area contributed by atoms with E-state index in [1.807, 2.05) is 42.5 Å². The van der Waals surface area contributed by atoms with Gasteiger partial charge in [0.25, 0.3) is 0 Å². The van der Waals surface area contributed by atoms with Gasteiger partial charge in [0.2, 0.25) is 16.8 Å². The van der Waals surface area contributed by atoms with Crippen LogP contribution in [0.1, 0.15) is 23.5 Å². The van der Waals surface area contributed by atoms with Gasteiger partial charge in [0.15, 0.2) is 11.5 Å². The van der Waals surface area contributed by atoms with Crippen LogP contribution in [0.4, 0.5) is 0 Å². The van der Waals surface area contributed by atoms with Crippen LogP contribution in [0.2, 0.25) is 0 Å². The third-order valence-corrected chi connectivity index (χ3v) is 6.57. The largest absolute Gasteiger partial charge is 0.496 e. The first-order valence-electron chi connectivity index (χ1n) is 9.65. The van der Waals surface area contributed by atoms with Crippen molar-refractivity contribution in [2.45, 2.75) is 17.2 Å². The Bertz CT molecular complexity index is 1120. The van der Waals surface area contributed by atoms with E-state index in [1.165, 1.54) is 0 Å². The van der Waals surface area contributed by atoms with Gasteiger partial charge in [-0.25, -0.2) is 13.1 Å². The van der Waals surface area contributed by atoms with Gasteiger partial charge in [-0.1, -0.05) is 42.5 Å². The van der Waals surface area contributed by atoms with Crippen LogP contribution in [-0.2, 0) is 10.0 Å². The highest BCUT2D eigenvalue weighted by molar-refractivity contribution is 7.89. The van der Waals surface area contributed by atoms with Crippen LogP contribution in [0, 0.1) is 0 Å². The van der Waals surface area contributed by atoms with Crippen LogP contribution >= 0.6 is 0 Å². The number of hydrogen-bond donors (Lipinski definition) is 1. The molecule has 0 aromatic heterocycles. The second kappa shape index (κ2) is 8.77. The molecule has 0 amide bonds. The van der Waals surface area contributed by atoms with Gasteiger partial charge < -0.3 is 14.2 Å². The lowest BCUT2D eigenvalue weighted by Gasteiger charge is -2.21. The van der Waals surface area contributed by atoms with E-state index < -0.39 is 10.0 Å². The minimum atomic E-state index is -3.57. The lowest BCUT2D eigenvalue weighted by Crippen LogP contribution is -2.26. The number of fused-ring (bicyclic) bond motifs is 1. The summed E-state index contributed by atoms with van der Waals surface area (Å²) in [5, 5.41) is 0. The molecule has 1 atom stereocenters. The summed E-state index contributed by atoms with van der Waals surface area (Å²) < 4.78 is 44.4. The van der Waals surface area contributed by atoms with E-state index in [1.54, 1.807) is 37.4 Å². The molecule has 0 spiro atoms. The van der Waals surface area contributed by atoms with Crippen molar-refractivity contribution in [1.29, 1.82) is 0 Å². The molecule has 0 saturated carbocycles. The summed E-state index contributed by atoms with van der Waals surface area (Å²) >= 11 is 0. The number of para-hydroxylation sites is 1. The Balaban J connectivity index is 1.60. The fourth-order valence-electron chi connectivity index (χ4n) is 3.61. The number of hydrogen-bond acceptors (Lipinski definition) is 5. The molecule has 1 aliphatic rings. The van der Waals surface area contributed by atoms with Crippen LogP contribution in [0.15, 0.2) is 77.7 Å². The maximum atomic E-state index is 12.6. The molecule has 0 fully saturated rings. The van der Waals surface area contributed by atoms with Crippen LogP contribution in [0.25, 0.3) is 0 Å². The van der Waals surface area contributed by atoms with Crippen LogP contribution in [0.5, 0.6) is 17.2 Å². The first-order valence-corrected chi connectivity index (χ1v) is 11.1. The summed E-state index contributed by atoms with van der Waals surface area (Å²) in [7, 11) is -1.94. The summed E-state index contributed by atoms with van der Waals surface area (Å²) in [6, 6.07) is 22.0.